The molecule has 2 heterocycles. The highest BCUT2D eigenvalue weighted by Crippen LogP contribution is 2.39. The van der Waals surface area contributed by atoms with Crippen LogP contribution in [0.3, 0.4) is 0 Å². The molecule has 0 bridgehead atoms. The summed E-state index contributed by atoms with van der Waals surface area (Å²) in [6.45, 7) is 1.33. The van der Waals surface area contributed by atoms with Crippen LogP contribution in [0.5, 0.6) is 5.75 Å². The Hall–Kier alpha value is -2.98. The van der Waals surface area contributed by atoms with Crippen molar-refractivity contribution in [3.63, 3.8) is 0 Å². The number of ether oxygens (including phenoxy) is 1. The van der Waals surface area contributed by atoms with Gasteiger partial charge in [0, 0.05) is 28.4 Å². The quantitative estimate of drug-likeness (QED) is 0.452. The van der Waals surface area contributed by atoms with Gasteiger partial charge in [-0.05, 0) is 68.7 Å². The molecule has 1 aliphatic carbocycles. The summed E-state index contributed by atoms with van der Waals surface area (Å²) >= 11 is 1.39. The Kier molecular flexibility index (Phi) is 5.20. The molecule has 0 radical (unpaired) electrons. The first-order valence-electron chi connectivity index (χ1n) is 9.27. The first kappa shape index (κ1) is 19.3. The largest absolute Gasteiger partial charge is 0.435 e. The van der Waals surface area contributed by atoms with Gasteiger partial charge >= 0.3 is 6.61 Å². The number of nitrogens with zero attached hydrogens (tertiary/aromatic N) is 3. The molecule has 29 heavy (non-hydrogen) atoms. The number of allylic oxidation sites excluding steroid dienone is 1. The summed E-state index contributed by atoms with van der Waals surface area (Å²) in [4.78, 5) is 4.58. The van der Waals surface area contributed by atoms with Gasteiger partial charge in [-0.25, -0.2) is 4.98 Å². The van der Waals surface area contributed by atoms with Gasteiger partial charge in [-0.1, -0.05) is 0 Å². The van der Waals surface area contributed by atoms with Crippen molar-refractivity contribution in [1.29, 1.82) is 5.26 Å². The van der Waals surface area contributed by atoms with Crippen LogP contribution in [0.25, 0.3) is 22.9 Å². The number of alkyl halides is 2. The van der Waals surface area contributed by atoms with Crippen LogP contribution < -0.4 is 4.74 Å². The van der Waals surface area contributed by atoms with Crippen molar-refractivity contribution in [3.05, 3.63) is 57.7 Å². The van der Waals surface area contributed by atoms with Crippen molar-refractivity contribution in [2.45, 2.75) is 39.3 Å². The second-order valence-corrected chi connectivity index (χ2v) is 7.90. The number of aromatic nitrogens is 2. The maximum Gasteiger partial charge on any atom is 0.387 e. The van der Waals surface area contributed by atoms with Gasteiger partial charge < -0.3 is 9.30 Å². The second kappa shape index (κ2) is 7.80. The fourth-order valence-electron chi connectivity index (χ4n) is 3.48. The molecule has 3 aromatic rings. The highest BCUT2D eigenvalue weighted by atomic mass is 32.1. The summed E-state index contributed by atoms with van der Waals surface area (Å²) < 4.78 is 31.3. The Bertz CT molecular complexity index is 1100. The summed E-state index contributed by atoms with van der Waals surface area (Å²) in [7, 11) is 0. The van der Waals surface area contributed by atoms with Gasteiger partial charge in [0.1, 0.15) is 16.8 Å². The Morgan fingerprint density at radius 3 is 2.66 bits per heavy atom. The van der Waals surface area contributed by atoms with E-state index in [1.165, 1.54) is 47.7 Å². The predicted octanol–water partition coefficient (Wildman–Crippen LogP) is 6.23. The van der Waals surface area contributed by atoms with Crippen molar-refractivity contribution in [2.24, 2.45) is 0 Å². The molecule has 7 heteroatoms. The lowest BCUT2D eigenvalue weighted by Gasteiger charge is -2.06. The van der Waals surface area contributed by atoms with E-state index in [1.807, 2.05) is 11.5 Å². The molecule has 0 spiro atoms. The van der Waals surface area contributed by atoms with E-state index in [1.54, 1.807) is 12.1 Å². The molecule has 0 N–H and O–H groups in total. The number of halogens is 2. The zero-order chi connectivity index (χ0) is 20.5. The van der Waals surface area contributed by atoms with Crippen molar-refractivity contribution in [1.82, 2.24) is 9.55 Å². The third-order valence-electron chi connectivity index (χ3n) is 4.97. The van der Waals surface area contributed by atoms with Crippen LogP contribution in [0.2, 0.25) is 0 Å². The summed E-state index contributed by atoms with van der Waals surface area (Å²) in [6, 6.07) is 11.3. The minimum atomic E-state index is -2.85. The molecule has 0 unspecified atom stereocenters. The highest BCUT2D eigenvalue weighted by molar-refractivity contribution is 7.11. The molecule has 4 rings (SSSR count). The van der Waals surface area contributed by atoms with E-state index in [0.29, 0.717) is 22.3 Å². The molecule has 0 atom stereocenters. The van der Waals surface area contributed by atoms with Crippen LogP contribution in [0.4, 0.5) is 8.78 Å². The highest BCUT2D eigenvalue weighted by Gasteiger charge is 2.26. The number of aryl methyl sites for hydroxylation is 1. The van der Waals surface area contributed by atoms with E-state index in [2.05, 4.69) is 40.3 Å². The fraction of sp³-hybridized carbons (Fsp3) is 0.273. The van der Waals surface area contributed by atoms with Crippen LogP contribution in [-0.4, -0.2) is 16.2 Å². The third-order valence-corrected chi connectivity index (χ3v) is 5.84. The monoisotopic (exact) mass is 411 g/mol. The van der Waals surface area contributed by atoms with E-state index < -0.39 is 6.61 Å². The second-order valence-electron chi connectivity index (χ2n) is 7.04. The zero-order valence-corrected chi connectivity index (χ0v) is 16.8. The summed E-state index contributed by atoms with van der Waals surface area (Å²) in [5.41, 5.74) is 5.39. The molecule has 1 aliphatic rings. The van der Waals surface area contributed by atoms with Gasteiger partial charge in [0.25, 0.3) is 0 Å². The molecule has 4 nitrogen and oxygen atoms in total. The number of nitriles is 1. The van der Waals surface area contributed by atoms with Gasteiger partial charge in [0.15, 0.2) is 0 Å². The Morgan fingerprint density at radius 1 is 1.31 bits per heavy atom. The van der Waals surface area contributed by atoms with Gasteiger partial charge in [-0.2, -0.15) is 14.0 Å². The van der Waals surface area contributed by atoms with E-state index >= 15 is 0 Å². The Balaban J connectivity index is 1.60. The van der Waals surface area contributed by atoms with Crippen molar-refractivity contribution < 1.29 is 13.5 Å². The molecule has 0 amide bonds. The van der Waals surface area contributed by atoms with Crippen LogP contribution >= 0.6 is 11.3 Å². The SMILES string of the molecule is Cc1cc(/C=C(\C#N)c2nc(-c3ccc(OC(F)F)cc3)cs2)c(C)n1C1CC1. The van der Waals surface area contributed by atoms with Gasteiger partial charge in [0.05, 0.1) is 11.3 Å². The van der Waals surface area contributed by atoms with Crippen LogP contribution in [0.1, 0.15) is 40.8 Å². The maximum atomic E-state index is 12.3. The van der Waals surface area contributed by atoms with E-state index in [9.17, 15) is 14.0 Å². The molecule has 1 aromatic carbocycles. The Labute approximate surface area is 171 Å². The lowest BCUT2D eigenvalue weighted by Crippen LogP contribution is -2.01. The molecule has 1 fully saturated rings. The van der Waals surface area contributed by atoms with E-state index in [4.69, 9.17) is 0 Å². The average molecular weight is 411 g/mol. The lowest BCUT2D eigenvalue weighted by atomic mass is 10.1. The van der Waals surface area contributed by atoms with Crippen molar-refractivity contribution in [3.8, 4) is 23.1 Å². The first-order valence-corrected chi connectivity index (χ1v) is 10.2. The number of hydrogen-bond acceptors (Lipinski definition) is 4. The van der Waals surface area contributed by atoms with E-state index in [-0.39, 0.29) is 5.75 Å². The number of rotatable bonds is 6. The molecular weight excluding hydrogens is 392 g/mol. The van der Waals surface area contributed by atoms with E-state index in [0.717, 1.165) is 11.1 Å². The molecule has 1 saturated carbocycles. The first-order chi connectivity index (χ1) is 14.0. The summed E-state index contributed by atoms with van der Waals surface area (Å²) in [5.74, 6) is 0.0998. The smallest absolute Gasteiger partial charge is 0.387 e. The molecule has 2 aromatic heterocycles. The predicted molar refractivity (Wildman–Crippen MR) is 110 cm³/mol. The minimum absolute atomic E-state index is 0.0998. The number of hydrogen-bond donors (Lipinski definition) is 0. The van der Waals surface area contributed by atoms with Crippen LogP contribution in [0.15, 0.2) is 35.7 Å². The van der Waals surface area contributed by atoms with Crippen LogP contribution in [-0.2, 0) is 0 Å². The molecule has 148 valence electrons. The lowest BCUT2D eigenvalue weighted by molar-refractivity contribution is -0.0498. The molecule has 0 saturated heterocycles. The van der Waals surface area contributed by atoms with Crippen molar-refractivity contribution in [2.75, 3.05) is 0 Å². The van der Waals surface area contributed by atoms with Crippen LogP contribution in [0, 0.1) is 25.2 Å². The minimum Gasteiger partial charge on any atom is -0.435 e. The number of thiazole rings is 1. The Morgan fingerprint density at radius 2 is 2.03 bits per heavy atom. The third kappa shape index (κ3) is 4.08. The summed E-state index contributed by atoms with van der Waals surface area (Å²) in [5, 5.41) is 12.2. The zero-order valence-electron chi connectivity index (χ0n) is 16.0. The topological polar surface area (TPSA) is 50.8 Å². The summed E-state index contributed by atoms with van der Waals surface area (Å²) in [6.07, 6.45) is 4.31. The van der Waals surface area contributed by atoms with Gasteiger partial charge in [-0.3, -0.25) is 0 Å². The molecular formula is C22H19F2N3OS. The normalized spacial score (nSPS) is 14.3. The average Bonchev–Trinajstić information content (AvgIpc) is 3.32. The van der Waals surface area contributed by atoms with Crippen molar-refractivity contribution >= 4 is 23.0 Å². The standard InChI is InChI=1S/C22H19F2N3OS/c1-13-9-16(14(2)27(13)18-5-6-18)10-17(11-25)21-26-20(12-29-21)15-3-7-19(8-4-15)28-22(23)24/h3-4,7-10,12,18,22H,5-6H2,1-2H3/b17-10+. The number of benzene rings is 1. The van der Waals surface area contributed by atoms with Gasteiger partial charge in [0.2, 0.25) is 0 Å². The fourth-order valence-corrected chi connectivity index (χ4v) is 4.27. The molecule has 0 aliphatic heterocycles. The maximum absolute atomic E-state index is 12.3. The van der Waals surface area contributed by atoms with Gasteiger partial charge in [-0.15, -0.1) is 11.3 Å².